The summed E-state index contributed by atoms with van der Waals surface area (Å²) < 4.78 is 0. The number of nitrogens with zero attached hydrogens (tertiary/aromatic N) is 2. The normalized spacial score (nSPS) is 25.2. The Labute approximate surface area is 176 Å². The molecule has 29 heavy (non-hydrogen) atoms. The van der Waals surface area contributed by atoms with Crippen LogP contribution in [0.5, 0.6) is 0 Å². The molecule has 0 aliphatic carbocycles. The predicted octanol–water partition coefficient (Wildman–Crippen LogP) is 3.23. The molecule has 0 bridgehead atoms. The van der Waals surface area contributed by atoms with Crippen LogP contribution in [0.1, 0.15) is 42.2 Å². The highest BCUT2D eigenvalue weighted by Crippen LogP contribution is 2.32. The van der Waals surface area contributed by atoms with Gasteiger partial charge in [-0.05, 0) is 36.9 Å². The van der Waals surface area contributed by atoms with Gasteiger partial charge in [-0.1, -0.05) is 36.4 Å². The smallest absolute Gasteiger partial charge is 0.223 e. The van der Waals surface area contributed by atoms with Crippen LogP contribution in [0.25, 0.3) is 0 Å². The second kappa shape index (κ2) is 8.67. The van der Waals surface area contributed by atoms with Crippen molar-refractivity contribution >= 4 is 23.2 Å². The average molecular weight is 412 g/mol. The molecule has 2 aliphatic rings. The first-order chi connectivity index (χ1) is 14.0. The number of carbonyl (C=O) groups is 2. The zero-order chi connectivity index (χ0) is 20.3. The van der Waals surface area contributed by atoms with Crippen LogP contribution < -0.4 is 5.32 Å². The molecule has 2 amide bonds. The van der Waals surface area contributed by atoms with Gasteiger partial charge in [0.05, 0.1) is 6.04 Å². The summed E-state index contributed by atoms with van der Waals surface area (Å²) in [5, 5.41) is 5.27. The number of likely N-dealkylation sites (N-methyl/N-ethyl adjacent to an activating group) is 1. The van der Waals surface area contributed by atoms with E-state index in [9.17, 15) is 9.59 Å². The van der Waals surface area contributed by atoms with Gasteiger partial charge in [-0.2, -0.15) is 0 Å². The SMILES string of the molecule is CN1CCN(C(=O)CC[C@]2(Cc3cccs3)CCC(=O)N2)[C@@H](c2ccccc2)C1. The van der Waals surface area contributed by atoms with Crippen molar-refractivity contribution in [2.45, 2.75) is 43.7 Å². The van der Waals surface area contributed by atoms with Gasteiger partial charge in [0.1, 0.15) is 0 Å². The molecular formula is C23H29N3O2S. The molecule has 6 heteroatoms. The number of amides is 2. The van der Waals surface area contributed by atoms with Crippen LogP contribution >= 0.6 is 11.3 Å². The number of benzene rings is 1. The van der Waals surface area contributed by atoms with Crippen molar-refractivity contribution < 1.29 is 9.59 Å². The minimum atomic E-state index is -0.285. The van der Waals surface area contributed by atoms with Gasteiger partial charge in [0, 0.05) is 49.3 Å². The Bertz CT molecular complexity index is 839. The lowest BCUT2D eigenvalue weighted by atomic mass is 9.87. The van der Waals surface area contributed by atoms with Gasteiger partial charge < -0.3 is 15.1 Å². The van der Waals surface area contributed by atoms with Crippen LogP contribution in [0.4, 0.5) is 0 Å². The van der Waals surface area contributed by atoms with Crippen LogP contribution in [0, 0.1) is 0 Å². The molecule has 5 nitrogen and oxygen atoms in total. The minimum absolute atomic E-state index is 0.0915. The quantitative estimate of drug-likeness (QED) is 0.794. The largest absolute Gasteiger partial charge is 0.350 e. The molecule has 2 aromatic rings. The maximum Gasteiger partial charge on any atom is 0.223 e. The van der Waals surface area contributed by atoms with E-state index >= 15 is 0 Å². The fourth-order valence-electron chi connectivity index (χ4n) is 4.60. The van der Waals surface area contributed by atoms with E-state index in [0.29, 0.717) is 19.3 Å². The molecule has 1 N–H and O–H groups in total. The Kier molecular flexibility index (Phi) is 6.01. The molecule has 2 fully saturated rings. The Morgan fingerprint density at radius 1 is 1.21 bits per heavy atom. The topological polar surface area (TPSA) is 52.7 Å². The molecule has 3 heterocycles. The highest BCUT2D eigenvalue weighted by atomic mass is 32.1. The number of rotatable bonds is 6. The van der Waals surface area contributed by atoms with E-state index in [1.54, 1.807) is 11.3 Å². The molecule has 0 spiro atoms. The summed E-state index contributed by atoms with van der Waals surface area (Å²) in [7, 11) is 2.11. The van der Waals surface area contributed by atoms with Crippen LogP contribution in [0.3, 0.4) is 0 Å². The zero-order valence-corrected chi connectivity index (χ0v) is 17.8. The summed E-state index contributed by atoms with van der Waals surface area (Å²) >= 11 is 1.72. The molecule has 1 aromatic carbocycles. The first-order valence-electron chi connectivity index (χ1n) is 10.4. The van der Waals surface area contributed by atoms with E-state index in [4.69, 9.17) is 0 Å². The van der Waals surface area contributed by atoms with Crippen LogP contribution in [0.2, 0.25) is 0 Å². The average Bonchev–Trinajstić information content (AvgIpc) is 3.37. The summed E-state index contributed by atoms with van der Waals surface area (Å²) in [6.45, 7) is 2.50. The van der Waals surface area contributed by atoms with E-state index in [-0.39, 0.29) is 23.4 Å². The van der Waals surface area contributed by atoms with Gasteiger partial charge in [-0.15, -0.1) is 11.3 Å². The summed E-state index contributed by atoms with van der Waals surface area (Å²) in [5.74, 6) is 0.300. The molecule has 0 unspecified atom stereocenters. The van der Waals surface area contributed by atoms with E-state index in [0.717, 1.165) is 32.5 Å². The van der Waals surface area contributed by atoms with Crippen molar-refractivity contribution in [1.82, 2.24) is 15.1 Å². The maximum absolute atomic E-state index is 13.3. The lowest BCUT2D eigenvalue weighted by Gasteiger charge is -2.41. The Hall–Kier alpha value is -2.18. The van der Waals surface area contributed by atoms with E-state index in [1.165, 1.54) is 10.4 Å². The summed E-state index contributed by atoms with van der Waals surface area (Å²) in [4.78, 5) is 30.9. The lowest BCUT2D eigenvalue weighted by Crippen LogP contribution is -2.50. The molecule has 0 saturated carbocycles. The van der Waals surface area contributed by atoms with E-state index in [1.807, 2.05) is 29.2 Å². The van der Waals surface area contributed by atoms with Crippen LogP contribution in [0.15, 0.2) is 47.8 Å². The van der Waals surface area contributed by atoms with Gasteiger partial charge in [-0.3, -0.25) is 9.59 Å². The third-order valence-electron chi connectivity index (χ3n) is 6.23. The second-order valence-electron chi connectivity index (χ2n) is 8.36. The zero-order valence-electron chi connectivity index (χ0n) is 17.0. The van der Waals surface area contributed by atoms with Crippen molar-refractivity contribution in [3.63, 3.8) is 0 Å². The third-order valence-corrected chi connectivity index (χ3v) is 7.11. The number of nitrogens with one attached hydrogen (secondary N) is 1. The Balaban J connectivity index is 1.46. The highest BCUT2D eigenvalue weighted by Gasteiger charge is 2.39. The molecule has 2 saturated heterocycles. The fraction of sp³-hybridized carbons (Fsp3) is 0.478. The first-order valence-corrected chi connectivity index (χ1v) is 11.3. The molecule has 4 rings (SSSR count). The molecule has 0 radical (unpaired) electrons. The van der Waals surface area contributed by atoms with Gasteiger partial charge in [0.15, 0.2) is 0 Å². The summed E-state index contributed by atoms with van der Waals surface area (Å²) in [5.41, 5.74) is 0.904. The van der Waals surface area contributed by atoms with Crippen molar-refractivity contribution in [1.29, 1.82) is 0 Å². The number of hydrogen-bond donors (Lipinski definition) is 1. The van der Waals surface area contributed by atoms with E-state index < -0.39 is 0 Å². The molecular weight excluding hydrogens is 382 g/mol. The maximum atomic E-state index is 13.3. The number of piperazine rings is 1. The minimum Gasteiger partial charge on any atom is -0.350 e. The fourth-order valence-corrected chi connectivity index (χ4v) is 5.45. The van der Waals surface area contributed by atoms with Crippen LogP contribution in [-0.4, -0.2) is 53.8 Å². The monoisotopic (exact) mass is 411 g/mol. The molecule has 2 atom stereocenters. The summed E-state index contributed by atoms with van der Waals surface area (Å²) in [6.07, 6.45) is 3.35. The number of carbonyl (C=O) groups excluding carboxylic acids is 2. The van der Waals surface area contributed by atoms with Crippen molar-refractivity contribution in [2.24, 2.45) is 0 Å². The van der Waals surface area contributed by atoms with E-state index in [2.05, 4.69) is 40.8 Å². The standard InChI is InChI=1S/C23H29N3O2S/c1-25-13-14-26(20(17-25)18-6-3-2-4-7-18)22(28)10-12-23(11-9-21(27)24-23)16-19-8-5-15-29-19/h2-8,15,20H,9-14,16-17H2,1H3,(H,24,27)/t20-,23+/m1/s1. The lowest BCUT2D eigenvalue weighted by molar-refractivity contribution is -0.136. The highest BCUT2D eigenvalue weighted by molar-refractivity contribution is 7.09. The third kappa shape index (κ3) is 4.70. The van der Waals surface area contributed by atoms with Crippen molar-refractivity contribution in [2.75, 3.05) is 26.7 Å². The van der Waals surface area contributed by atoms with Gasteiger partial charge in [-0.25, -0.2) is 0 Å². The molecule has 1 aromatic heterocycles. The van der Waals surface area contributed by atoms with Gasteiger partial charge in [0.25, 0.3) is 0 Å². The Morgan fingerprint density at radius 2 is 2.03 bits per heavy atom. The first kappa shape index (κ1) is 20.1. The van der Waals surface area contributed by atoms with Crippen molar-refractivity contribution in [3.05, 3.63) is 58.3 Å². The predicted molar refractivity (Wildman–Crippen MR) is 116 cm³/mol. The Morgan fingerprint density at radius 3 is 2.72 bits per heavy atom. The number of hydrogen-bond acceptors (Lipinski definition) is 4. The van der Waals surface area contributed by atoms with Gasteiger partial charge in [0.2, 0.25) is 11.8 Å². The second-order valence-corrected chi connectivity index (χ2v) is 9.39. The van der Waals surface area contributed by atoms with Crippen LogP contribution in [-0.2, 0) is 16.0 Å². The molecule has 154 valence electrons. The van der Waals surface area contributed by atoms with Gasteiger partial charge >= 0.3 is 0 Å². The summed E-state index contributed by atoms with van der Waals surface area (Å²) in [6, 6.07) is 14.6. The molecule has 2 aliphatic heterocycles. The number of thiophene rings is 1. The van der Waals surface area contributed by atoms with Crippen molar-refractivity contribution in [3.8, 4) is 0 Å².